The fraction of sp³-hybridized carbons (Fsp3) is 0.143. The van der Waals surface area contributed by atoms with Gasteiger partial charge in [-0.05, 0) is 44.6 Å². The third-order valence-corrected chi connectivity index (χ3v) is 2.68. The summed E-state index contributed by atoms with van der Waals surface area (Å²) < 4.78 is 39.6. The molecule has 0 saturated heterocycles. The van der Waals surface area contributed by atoms with Gasteiger partial charge in [-0.25, -0.2) is 4.98 Å². The van der Waals surface area contributed by atoms with Crippen LogP contribution in [0.4, 0.5) is 13.2 Å². The molecule has 0 aromatic carbocycles. The number of nitriles is 1. The van der Waals surface area contributed by atoms with Crippen molar-refractivity contribution in [3.63, 3.8) is 0 Å². The minimum atomic E-state index is -4.82. The number of rotatable bonds is 1. The average Bonchev–Trinajstić information content (AvgIpc) is 2.08. The van der Waals surface area contributed by atoms with E-state index in [2.05, 4.69) is 25.7 Å². The van der Waals surface area contributed by atoms with Crippen molar-refractivity contribution in [2.24, 2.45) is 0 Å². The fourth-order valence-corrected chi connectivity index (χ4v) is 1.63. The van der Waals surface area contributed by atoms with Crippen LogP contribution in [0.3, 0.4) is 0 Å². The van der Waals surface area contributed by atoms with Crippen molar-refractivity contribution < 1.29 is 17.9 Å². The zero-order valence-corrected chi connectivity index (χ0v) is 10.5. The lowest BCUT2D eigenvalue weighted by Crippen LogP contribution is -2.19. The molecule has 3 nitrogen and oxygen atoms in total. The van der Waals surface area contributed by atoms with Crippen LogP contribution >= 0.6 is 38.5 Å². The molecular weight excluding hydrogens is 392 g/mol. The van der Waals surface area contributed by atoms with Crippen LogP contribution in [0.5, 0.6) is 5.88 Å². The Labute approximate surface area is 105 Å². The van der Waals surface area contributed by atoms with Crippen LogP contribution in [-0.2, 0) is 0 Å². The molecule has 1 aromatic rings. The minimum absolute atomic E-state index is 0.0237. The van der Waals surface area contributed by atoms with E-state index < -0.39 is 12.2 Å². The van der Waals surface area contributed by atoms with Gasteiger partial charge >= 0.3 is 6.36 Å². The normalized spacial score (nSPS) is 10.9. The van der Waals surface area contributed by atoms with Gasteiger partial charge in [-0.15, -0.1) is 13.2 Å². The molecule has 0 aliphatic heterocycles. The summed E-state index contributed by atoms with van der Waals surface area (Å²) in [4.78, 5) is 3.48. The second kappa shape index (κ2) is 4.52. The monoisotopic (exact) mass is 392 g/mol. The Hall–Kier alpha value is -0.560. The van der Waals surface area contributed by atoms with Crippen molar-refractivity contribution in [2.45, 2.75) is 6.36 Å². The van der Waals surface area contributed by atoms with Crippen LogP contribution in [0, 0.1) is 14.9 Å². The van der Waals surface area contributed by atoms with Crippen molar-refractivity contribution >= 4 is 38.5 Å². The van der Waals surface area contributed by atoms with Gasteiger partial charge in [0.25, 0.3) is 0 Å². The highest BCUT2D eigenvalue weighted by Gasteiger charge is 2.33. The van der Waals surface area contributed by atoms with Gasteiger partial charge in [-0.2, -0.15) is 5.26 Å². The summed E-state index contributed by atoms with van der Waals surface area (Å²) in [5, 5.41) is 8.63. The van der Waals surface area contributed by atoms with Gasteiger partial charge in [0.2, 0.25) is 5.88 Å². The minimum Gasteiger partial charge on any atom is -0.387 e. The van der Waals surface area contributed by atoms with Crippen LogP contribution in [0.2, 0.25) is 0 Å². The second-order valence-electron chi connectivity index (χ2n) is 2.27. The molecule has 0 bridgehead atoms. The summed E-state index contributed by atoms with van der Waals surface area (Å²) in [7, 11) is 0. The molecule has 0 aliphatic rings. The lowest BCUT2D eigenvalue weighted by molar-refractivity contribution is -0.276. The molecule has 0 amide bonds. The molecule has 1 heterocycles. The van der Waals surface area contributed by atoms with Gasteiger partial charge in [0.05, 0.1) is 9.13 Å². The van der Waals surface area contributed by atoms with E-state index in [1.165, 1.54) is 6.07 Å². The van der Waals surface area contributed by atoms with Crippen molar-refractivity contribution in [1.29, 1.82) is 5.26 Å². The van der Waals surface area contributed by atoms with E-state index in [1.807, 2.05) is 0 Å². The van der Waals surface area contributed by atoms with E-state index in [0.717, 1.165) is 0 Å². The third kappa shape index (κ3) is 3.49. The summed E-state index contributed by atoms with van der Waals surface area (Å²) in [5.74, 6) is -0.631. The van der Waals surface area contributed by atoms with Gasteiger partial charge in [-0.1, -0.05) is 0 Å². The van der Waals surface area contributed by atoms with Gasteiger partial charge in [0.15, 0.2) is 0 Å². The van der Waals surface area contributed by atoms with Gasteiger partial charge in [0, 0.05) is 0 Å². The molecule has 80 valence electrons. The molecule has 0 spiro atoms. The highest BCUT2D eigenvalue weighted by atomic mass is 127. The van der Waals surface area contributed by atoms with E-state index in [1.54, 1.807) is 28.7 Å². The first kappa shape index (κ1) is 12.5. The first-order valence-electron chi connectivity index (χ1n) is 3.35. The SMILES string of the molecule is N#Cc1cc(Br)nc(OC(F)(F)F)c1I. The summed E-state index contributed by atoms with van der Waals surface area (Å²) in [6.07, 6.45) is -4.82. The quantitative estimate of drug-likeness (QED) is 0.544. The molecule has 0 aliphatic carbocycles. The molecular formula is C7HBrF3IN2O. The molecule has 15 heavy (non-hydrogen) atoms. The predicted octanol–water partition coefficient (Wildman–Crippen LogP) is 3.22. The largest absolute Gasteiger partial charge is 0.574 e. The van der Waals surface area contributed by atoms with Crippen molar-refractivity contribution in [1.82, 2.24) is 4.98 Å². The Morgan fingerprint density at radius 1 is 1.53 bits per heavy atom. The number of ether oxygens (including phenoxy) is 1. The van der Waals surface area contributed by atoms with Crippen LogP contribution in [0.15, 0.2) is 10.7 Å². The standard InChI is InChI=1S/C7HBrF3IN2O/c8-4-1-3(2-13)5(12)6(14-4)15-7(9,10)11/h1H. The van der Waals surface area contributed by atoms with E-state index in [4.69, 9.17) is 5.26 Å². The summed E-state index contributed by atoms with van der Waals surface area (Å²) >= 11 is 4.45. The molecule has 0 saturated carbocycles. The number of hydrogen-bond acceptors (Lipinski definition) is 3. The number of pyridine rings is 1. The average molecular weight is 393 g/mol. The summed E-state index contributed by atoms with van der Waals surface area (Å²) in [6.45, 7) is 0. The smallest absolute Gasteiger partial charge is 0.387 e. The topological polar surface area (TPSA) is 45.9 Å². The maximum atomic E-state index is 11.9. The zero-order valence-electron chi connectivity index (χ0n) is 6.77. The van der Waals surface area contributed by atoms with Gasteiger partial charge < -0.3 is 4.74 Å². The van der Waals surface area contributed by atoms with Crippen LogP contribution in [0.1, 0.15) is 5.56 Å². The Kier molecular flexibility index (Phi) is 3.77. The number of alkyl halides is 3. The number of hydrogen-bond donors (Lipinski definition) is 0. The molecule has 8 heteroatoms. The molecule has 1 rings (SSSR count). The van der Waals surface area contributed by atoms with Crippen LogP contribution in [-0.4, -0.2) is 11.3 Å². The third-order valence-electron chi connectivity index (χ3n) is 1.23. The van der Waals surface area contributed by atoms with E-state index in [9.17, 15) is 13.2 Å². The first-order chi connectivity index (χ1) is 6.83. The zero-order chi connectivity index (χ0) is 11.6. The highest BCUT2D eigenvalue weighted by Crippen LogP contribution is 2.29. The first-order valence-corrected chi connectivity index (χ1v) is 5.22. The molecule has 0 unspecified atom stereocenters. The molecule has 0 N–H and O–H groups in total. The fourth-order valence-electron chi connectivity index (χ4n) is 0.735. The second-order valence-corrected chi connectivity index (χ2v) is 4.16. The Balaban J connectivity index is 3.20. The lowest BCUT2D eigenvalue weighted by Gasteiger charge is -2.10. The van der Waals surface area contributed by atoms with Crippen molar-refractivity contribution in [3.8, 4) is 11.9 Å². The Bertz CT molecular complexity index is 429. The van der Waals surface area contributed by atoms with Crippen LogP contribution in [0.25, 0.3) is 0 Å². The van der Waals surface area contributed by atoms with Gasteiger partial charge in [-0.3, -0.25) is 0 Å². The number of halogens is 5. The molecule has 0 atom stereocenters. The molecule has 0 fully saturated rings. The summed E-state index contributed by atoms with van der Waals surface area (Å²) in [6, 6.07) is 3.05. The Morgan fingerprint density at radius 3 is 2.60 bits per heavy atom. The lowest BCUT2D eigenvalue weighted by atomic mass is 10.3. The van der Waals surface area contributed by atoms with Gasteiger partial charge in [0.1, 0.15) is 10.7 Å². The predicted molar refractivity (Wildman–Crippen MR) is 56.1 cm³/mol. The van der Waals surface area contributed by atoms with Crippen LogP contribution < -0.4 is 4.74 Å². The molecule has 0 radical (unpaired) electrons. The van der Waals surface area contributed by atoms with Crippen molar-refractivity contribution in [2.75, 3.05) is 0 Å². The number of aromatic nitrogens is 1. The summed E-state index contributed by atoms with van der Waals surface area (Å²) in [5.41, 5.74) is 0.0664. The van der Waals surface area contributed by atoms with Crippen molar-refractivity contribution in [3.05, 3.63) is 19.8 Å². The maximum absolute atomic E-state index is 11.9. The van der Waals surface area contributed by atoms with E-state index in [-0.39, 0.29) is 13.7 Å². The Morgan fingerprint density at radius 2 is 2.13 bits per heavy atom. The molecule has 1 aromatic heterocycles. The number of nitrogens with zero attached hydrogens (tertiary/aromatic N) is 2. The highest BCUT2D eigenvalue weighted by molar-refractivity contribution is 14.1. The van der Waals surface area contributed by atoms with E-state index >= 15 is 0 Å². The van der Waals surface area contributed by atoms with E-state index in [0.29, 0.717) is 0 Å². The maximum Gasteiger partial charge on any atom is 0.574 e.